The number of methoxy groups -OCH3 is 1. The Labute approximate surface area is 214 Å². The fraction of sp³-hybridized carbons (Fsp3) is 0.0400. The summed E-state index contributed by atoms with van der Waals surface area (Å²) >= 11 is 7.54. The molecule has 0 bridgehead atoms. The number of fused-ring (bicyclic) bond motifs is 1. The molecule has 0 fully saturated rings. The van der Waals surface area contributed by atoms with Crippen LogP contribution in [0.2, 0.25) is 5.02 Å². The molecular weight excluding hydrogens is 502 g/mol. The molecule has 11 heteroatoms. The number of amides is 1. The SMILES string of the molecule is COc1ccc(C(=O)Oc2ccc(/C=C3/C(=N)N4N=C(c5cccnc5)SC4=NC3=O)cc2Cl)cc1. The topological polar surface area (TPSA) is 117 Å². The molecule has 2 aliphatic rings. The Balaban J connectivity index is 1.35. The Morgan fingerprint density at radius 1 is 1.17 bits per heavy atom. The zero-order chi connectivity index (χ0) is 25.2. The second kappa shape index (κ2) is 9.76. The lowest BCUT2D eigenvalue weighted by Crippen LogP contribution is -2.35. The summed E-state index contributed by atoms with van der Waals surface area (Å²) in [6.45, 7) is 0. The van der Waals surface area contributed by atoms with E-state index in [2.05, 4.69) is 15.1 Å². The smallest absolute Gasteiger partial charge is 0.343 e. The molecule has 0 unspecified atom stereocenters. The normalized spacial score (nSPS) is 15.9. The quantitative estimate of drug-likeness (QED) is 0.298. The summed E-state index contributed by atoms with van der Waals surface area (Å²) in [5, 5.41) is 15.3. The van der Waals surface area contributed by atoms with Gasteiger partial charge in [-0.15, -0.1) is 0 Å². The number of rotatable bonds is 5. The number of hydrogen-bond donors (Lipinski definition) is 1. The molecule has 0 aliphatic carbocycles. The Bertz CT molecular complexity index is 1490. The van der Waals surface area contributed by atoms with Crippen molar-refractivity contribution in [1.29, 1.82) is 5.41 Å². The molecule has 0 atom stereocenters. The second-order valence-electron chi connectivity index (χ2n) is 7.47. The van der Waals surface area contributed by atoms with Crippen LogP contribution in [-0.4, -0.2) is 45.0 Å². The molecular formula is C25H16ClN5O4S. The molecule has 3 heterocycles. The largest absolute Gasteiger partial charge is 0.497 e. The van der Waals surface area contributed by atoms with Crippen molar-refractivity contribution in [2.45, 2.75) is 0 Å². The van der Waals surface area contributed by atoms with Crippen LogP contribution >= 0.6 is 23.4 Å². The molecule has 5 rings (SSSR count). The monoisotopic (exact) mass is 517 g/mol. The molecule has 1 amide bonds. The van der Waals surface area contributed by atoms with Gasteiger partial charge in [-0.3, -0.25) is 15.2 Å². The van der Waals surface area contributed by atoms with Crippen molar-refractivity contribution in [1.82, 2.24) is 9.99 Å². The van der Waals surface area contributed by atoms with E-state index in [4.69, 9.17) is 26.5 Å². The number of pyridine rings is 1. The Kier molecular flexibility index (Phi) is 6.36. The van der Waals surface area contributed by atoms with Gasteiger partial charge in [0.25, 0.3) is 5.91 Å². The van der Waals surface area contributed by atoms with Crippen LogP contribution in [0.25, 0.3) is 6.08 Å². The first-order valence-corrected chi connectivity index (χ1v) is 11.7. The van der Waals surface area contributed by atoms with Crippen molar-refractivity contribution >= 4 is 57.4 Å². The van der Waals surface area contributed by atoms with E-state index in [1.54, 1.807) is 48.8 Å². The summed E-state index contributed by atoms with van der Waals surface area (Å²) in [5.41, 5.74) is 1.67. The van der Waals surface area contributed by atoms with Gasteiger partial charge in [0.1, 0.15) is 16.5 Å². The van der Waals surface area contributed by atoms with Crippen molar-refractivity contribution in [3.63, 3.8) is 0 Å². The zero-order valence-electron chi connectivity index (χ0n) is 18.6. The molecule has 1 aromatic heterocycles. The van der Waals surface area contributed by atoms with Gasteiger partial charge in [0.05, 0.1) is 23.3 Å². The predicted molar refractivity (Wildman–Crippen MR) is 138 cm³/mol. The number of hydrogen-bond acceptors (Lipinski definition) is 8. The van der Waals surface area contributed by atoms with Crippen LogP contribution in [0.3, 0.4) is 0 Å². The first-order chi connectivity index (χ1) is 17.4. The summed E-state index contributed by atoms with van der Waals surface area (Å²) < 4.78 is 10.5. The molecule has 2 aliphatic heterocycles. The van der Waals surface area contributed by atoms with Gasteiger partial charge in [-0.25, -0.2) is 4.79 Å². The first kappa shape index (κ1) is 23.5. The molecule has 36 heavy (non-hydrogen) atoms. The van der Waals surface area contributed by atoms with Crippen molar-refractivity contribution < 1.29 is 19.1 Å². The van der Waals surface area contributed by atoms with Crippen LogP contribution in [0, 0.1) is 5.41 Å². The average molecular weight is 518 g/mol. The number of esters is 1. The van der Waals surface area contributed by atoms with Crippen molar-refractivity contribution in [3.8, 4) is 11.5 Å². The highest BCUT2D eigenvalue weighted by Gasteiger charge is 2.36. The number of carbonyl (C=O) groups excluding carboxylic acids is 2. The summed E-state index contributed by atoms with van der Waals surface area (Å²) in [6.07, 6.45) is 4.80. The molecule has 178 valence electrons. The van der Waals surface area contributed by atoms with Crippen molar-refractivity contribution in [3.05, 3.63) is 94.3 Å². The maximum Gasteiger partial charge on any atom is 0.343 e. The lowest BCUT2D eigenvalue weighted by Gasteiger charge is -2.20. The average Bonchev–Trinajstić information content (AvgIpc) is 3.33. The number of halogens is 1. The van der Waals surface area contributed by atoms with E-state index in [1.165, 1.54) is 42.1 Å². The lowest BCUT2D eigenvalue weighted by molar-refractivity contribution is -0.114. The summed E-state index contributed by atoms with van der Waals surface area (Å²) in [6, 6.07) is 14.8. The third kappa shape index (κ3) is 4.64. The minimum Gasteiger partial charge on any atom is -0.497 e. The van der Waals surface area contributed by atoms with Crippen LogP contribution < -0.4 is 9.47 Å². The number of hydrazone groups is 1. The first-order valence-electron chi connectivity index (χ1n) is 10.5. The molecule has 0 spiro atoms. The van der Waals surface area contributed by atoms with Crippen LogP contribution in [0.15, 0.2) is 82.7 Å². The van der Waals surface area contributed by atoms with Crippen LogP contribution in [0.4, 0.5) is 0 Å². The summed E-state index contributed by atoms with van der Waals surface area (Å²) in [4.78, 5) is 33.3. The van der Waals surface area contributed by atoms with Crippen molar-refractivity contribution in [2.75, 3.05) is 7.11 Å². The highest BCUT2D eigenvalue weighted by atomic mass is 35.5. The van der Waals surface area contributed by atoms with E-state index in [0.717, 1.165) is 5.56 Å². The van der Waals surface area contributed by atoms with Gasteiger partial charge in [0, 0.05) is 18.0 Å². The van der Waals surface area contributed by atoms with Gasteiger partial charge in [0.2, 0.25) is 5.17 Å². The van der Waals surface area contributed by atoms with Crippen LogP contribution in [0.1, 0.15) is 21.5 Å². The van der Waals surface area contributed by atoms with Gasteiger partial charge in [-0.05, 0) is 71.9 Å². The second-order valence-corrected chi connectivity index (χ2v) is 8.84. The van der Waals surface area contributed by atoms with Gasteiger partial charge in [-0.2, -0.15) is 15.1 Å². The third-order valence-corrected chi connectivity index (χ3v) is 6.41. The van der Waals surface area contributed by atoms with E-state index in [-0.39, 0.29) is 22.2 Å². The van der Waals surface area contributed by atoms with Gasteiger partial charge in [-0.1, -0.05) is 17.7 Å². The minimum atomic E-state index is -0.578. The fourth-order valence-corrected chi connectivity index (χ4v) is 4.45. The number of benzene rings is 2. The van der Waals surface area contributed by atoms with Gasteiger partial charge < -0.3 is 9.47 Å². The Morgan fingerprint density at radius 2 is 1.97 bits per heavy atom. The van der Waals surface area contributed by atoms with E-state index >= 15 is 0 Å². The molecule has 3 aromatic rings. The molecule has 1 N–H and O–H groups in total. The summed E-state index contributed by atoms with van der Waals surface area (Å²) in [7, 11) is 1.54. The molecule has 0 saturated heterocycles. The predicted octanol–water partition coefficient (Wildman–Crippen LogP) is 4.63. The molecule has 0 radical (unpaired) electrons. The number of carbonyl (C=O) groups is 2. The lowest BCUT2D eigenvalue weighted by atomic mass is 10.1. The number of nitrogens with one attached hydrogen (secondary N) is 1. The fourth-order valence-electron chi connectivity index (χ4n) is 3.34. The number of thioether (sulfide) groups is 1. The van der Waals surface area contributed by atoms with E-state index < -0.39 is 11.9 Å². The highest BCUT2D eigenvalue weighted by Crippen LogP contribution is 2.32. The number of nitrogens with zero attached hydrogens (tertiary/aromatic N) is 4. The molecule has 9 nitrogen and oxygen atoms in total. The Morgan fingerprint density at radius 3 is 2.67 bits per heavy atom. The zero-order valence-corrected chi connectivity index (χ0v) is 20.2. The van der Waals surface area contributed by atoms with E-state index in [9.17, 15) is 9.59 Å². The third-order valence-electron chi connectivity index (χ3n) is 5.16. The van der Waals surface area contributed by atoms with Crippen LogP contribution in [0.5, 0.6) is 11.5 Å². The minimum absolute atomic E-state index is 0.0505. The summed E-state index contributed by atoms with van der Waals surface area (Å²) in [5.74, 6) is -0.472. The maximum atomic E-state index is 12.7. The van der Waals surface area contributed by atoms with E-state index in [0.29, 0.717) is 27.1 Å². The van der Waals surface area contributed by atoms with E-state index in [1.807, 2.05) is 6.07 Å². The Hall–Kier alpha value is -4.28. The number of ether oxygens (including phenoxy) is 2. The maximum absolute atomic E-state index is 12.7. The number of aromatic nitrogens is 1. The van der Waals surface area contributed by atoms with Gasteiger partial charge >= 0.3 is 5.97 Å². The van der Waals surface area contributed by atoms with Crippen LogP contribution in [-0.2, 0) is 4.79 Å². The number of aliphatic imine (C=N–C) groups is 1. The molecule has 0 saturated carbocycles. The molecule has 2 aromatic carbocycles. The van der Waals surface area contributed by atoms with Crippen molar-refractivity contribution in [2.24, 2.45) is 10.1 Å². The standard InChI is InChI=1S/C25H16ClN5O4S/c1-34-17-7-5-15(6-8-17)24(33)35-20-9-4-14(12-19(20)26)11-18-21(27)31-25(29-22(18)32)36-23(30-31)16-3-2-10-28-13-16/h2-13,27H,1H3/b18-11-,27-21?. The van der Waals surface area contributed by atoms with Gasteiger partial charge in [0.15, 0.2) is 5.84 Å². The highest BCUT2D eigenvalue weighted by molar-refractivity contribution is 8.27. The number of amidine groups is 2.